The minimum absolute atomic E-state index is 0.00755. The van der Waals surface area contributed by atoms with E-state index in [2.05, 4.69) is 10.4 Å². The van der Waals surface area contributed by atoms with Crippen molar-refractivity contribution in [3.05, 3.63) is 0 Å². The molecule has 0 aromatic carbocycles. The molecule has 0 saturated heterocycles. The van der Waals surface area contributed by atoms with Gasteiger partial charge in [-0.15, -0.1) is 0 Å². The quantitative estimate of drug-likeness (QED) is 0.192. The van der Waals surface area contributed by atoms with Gasteiger partial charge in [-0.2, -0.15) is 0 Å². The normalized spacial score (nSPS) is 9.75. The molecule has 0 amide bonds. The zero-order valence-corrected chi connectivity index (χ0v) is 4.81. The zero-order chi connectivity index (χ0) is 6.41. The van der Waals surface area contributed by atoms with Gasteiger partial charge in [-0.1, -0.05) is 6.92 Å². The standard InChI is InChI=1S/C4H10N4/c1-2-3-7-4(5)8-6/h3H,2,6H2,1H3,(H2,5,8). The molecule has 0 aromatic heterocycles. The second-order valence-electron chi connectivity index (χ2n) is 1.21. The molecule has 0 aliphatic heterocycles. The maximum Gasteiger partial charge on any atom is 0.229 e. The number of hydrazine groups is 1. The summed E-state index contributed by atoms with van der Waals surface area (Å²) < 4.78 is 0. The molecule has 0 aliphatic rings. The van der Waals surface area contributed by atoms with Crippen LogP contribution >= 0.6 is 0 Å². The van der Waals surface area contributed by atoms with E-state index < -0.39 is 0 Å². The third-order valence-corrected chi connectivity index (χ3v) is 0.540. The van der Waals surface area contributed by atoms with Crippen molar-refractivity contribution in [1.82, 2.24) is 5.43 Å². The van der Waals surface area contributed by atoms with Crippen molar-refractivity contribution >= 4 is 12.2 Å². The lowest BCUT2D eigenvalue weighted by molar-refractivity contribution is 0.995. The molecular formula is C4H10N4. The third-order valence-electron chi connectivity index (χ3n) is 0.540. The number of nitrogens with zero attached hydrogens (tertiary/aromatic N) is 1. The Morgan fingerprint density at radius 3 is 3.00 bits per heavy atom. The molecule has 4 N–H and O–H groups in total. The number of guanidine groups is 1. The summed E-state index contributed by atoms with van der Waals surface area (Å²) in [6.45, 7) is 1.94. The summed E-state index contributed by atoms with van der Waals surface area (Å²) in [6, 6.07) is 0. The van der Waals surface area contributed by atoms with Crippen molar-refractivity contribution in [2.24, 2.45) is 10.8 Å². The van der Waals surface area contributed by atoms with E-state index in [-0.39, 0.29) is 5.96 Å². The van der Waals surface area contributed by atoms with E-state index in [1.54, 1.807) is 6.21 Å². The molecule has 0 radical (unpaired) electrons. The minimum atomic E-state index is -0.00755. The molecule has 0 bridgehead atoms. The Kier molecular flexibility index (Phi) is 3.78. The summed E-state index contributed by atoms with van der Waals surface area (Å²) >= 11 is 0. The van der Waals surface area contributed by atoms with Crippen LogP contribution in [0.25, 0.3) is 0 Å². The summed E-state index contributed by atoms with van der Waals surface area (Å²) in [7, 11) is 0. The van der Waals surface area contributed by atoms with Crippen LogP contribution in [0.4, 0.5) is 0 Å². The maximum atomic E-state index is 6.81. The molecule has 0 aliphatic carbocycles. The van der Waals surface area contributed by atoms with Crippen LogP contribution in [0.2, 0.25) is 0 Å². The fourth-order valence-corrected chi connectivity index (χ4v) is 0.220. The van der Waals surface area contributed by atoms with Crippen LogP contribution in [0.1, 0.15) is 13.3 Å². The van der Waals surface area contributed by atoms with E-state index in [1.807, 2.05) is 6.92 Å². The summed E-state index contributed by atoms with van der Waals surface area (Å²) in [5.41, 5.74) is 2.09. The zero-order valence-electron chi connectivity index (χ0n) is 4.81. The van der Waals surface area contributed by atoms with E-state index in [4.69, 9.17) is 11.3 Å². The predicted octanol–water partition coefficient (Wildman–Crippen LogP) is -0.135. The average molecular weight is 114 g/mol. The van der Waals surface area contributed by atoms with E-state index in [0.717, 1.165) is 6.42 Å². The fourth-order valence-electron chi connectivity index (χ4n) is 0.220. The topological polar surface area (TPSA) is 74.3 Å². The Morgan fingerprint density at radius 1 is 2.00 bits per heavy atom. The monoisotopic (exact) mass is 114 g/mol. The number of aliphatic imine (C=N–C) groups is 1. The van der Waals surface area contributed by atoms with Crippen molar-refractivity contribution in [2.75, 3.05) is 0 Å². The molecule has 0 spiro atoms. The van der Waals surface area contributed by atoms with Crippen molar-refractivity contribution in [1.29, 1.82) is 5.41 Å². The van der Waals surface area contributed by atoms with Gasteiger partial charge in [-0.25, -0.2) is 10.8 Å². The second-order valence-corrected chi connectivity index (χ2v) is 1.21. The van der Waals surface area contributed by atoms with Crippen LogP contribution < -0.4 is 11.3 Å². The van der Waals surface area contributed by atoms with Crippen molar-refractivity contribution in [3.8, 4) is 0 Å². The van der Waals surface area contributed by atoms with Crippen LogP contribution in [0.5, 0.6) is 0 Å². The lowest BCUT2D eigenvalue weighted by Gasteiger charge is -1.89. The number of hydrogen-bond donors (Lipinski definition) is 3. The van der Waals surface area contributed by atoms with Gasteiger partial charge in [0.1, 0.15) is 0 Å². The van der Waals surface area contributed by atoms with Crippen molar-refractivity contribution in [2.45, 2.75) is 13.3 Å². The minimum Gasteiger partial charge on any atom is -0.293 e. The Bertz CT molecular complexity index is 96.2. The Morgan fingerprint density at radius 2 is 2.62 bits per heavy atom. The van der Waals surface area contributed by atoms with Crippen molar-refractivity contribution in [3.63, 3.8) is 0 Å². The summed E-state index contributed by atoms with van der Waals surface area (Å²) in [5.74, 6) is 4.82. The molecule has 4 nitrogen and oxygen atoms in total. The summed E-state index contributed by atoms with van der Waals surface area (Å²) in [4.78, 5) is 3.58. The molecule has 0 aromatic rings. The second kappa shape index (κ2) is 4.26. The SMILES string of the molecule is CCC=NC(=N)NN. The molecule has 0 rings (SSSR count). The van der Waals surface area contributed by atoms with Crippen LogP contribution in [0.3, 0.4) is 0 Å². The Hall–Kier alpha value is -0.900. The summed E-state index contributed by atoms with van der Waals surface area (Å²) in [5, 5.41) is 6.81. The van der Waals surface area contributed by atoms with Crippen LogP contribution in [-0.2, 0) is 0 Å². The van der Waals surface area contributed by atoms with Gasteiger partial charge < -0.3 is 0 Å². The van der Waals surface area contributed by atoms with E-state index >= 15 is 0 Å². The van der Waals surface area contributed by atoms with Gasteiger partial charge in [0.15, 0.2) is 0 Å². The van der Waals surface area contributed by atoms with E-state index in [9.17, 15) is 0 Å². The number of rotatable bonds is 1. The van der Waals surface area contributed by atoms with Crippen LogP contribution in [-0.4, -0.2) is 12.2 Å². The first-order chi connectivity index (χ1) is 3.81. The number of nitrogens with one attached hydrogen (secondary N) is 2. The molecular weight excluding hydrogens is 104 g/mol. The molecule has 0 fully saturated rings. The summed E-state index contributed by atoms with van der Waals surface area (Å²) in [6.07, 6.45) is 2.44. The Balaban J connectivity index is 3.37. The van der Waals surface area contributed by atoms with Gasteiger partial charge >= 0.3 is 0 Å². The highest BCUT2D eigenvalue weighted by molar-refractivity contribution is 5.84. The first-order valence-corrected chi connectivity index (χ1v) is 2.39. The highest BCUT2D eigenvalue weighted by atomic mass is 15.3. The first kappa shape index (κ1) is 7.10. The fraction of sp³-hybridized carbons (Fsp3) is 0.500. The predicted molar refractivity (Wildman–Crippen MR) is 33.8 cm³/mol. The van der Waals surface area contributed by atoms with Gasteiger partial charge in [0.2, 0.25) is 5.96 Å². The van der Waals surface area contributed by atoms with Gasteiger partial charge in [-0.05, 0) is 6.42 Å². The van der Waals surface area contributed by atoms with Crippen LogP contribution in [0.15, 0.2) is 4.99 Å². The van der Waals surface area contributed by atoms with Crippen LogP contribution in [0, 0.1) is 5.41 Å². The largest absolute Gasteiger partial charge is 0.293 e. The number of nitrogens with two attached hydrogens (primary N) is 1. The van der Waals surface area contributed by atoms with Crippen molar-refractivity contribution < 1.29 is 0 Å². The third kappa shape index (κ3) is 3.30. The first-order valence-electron chi connectivity index (χ1n) is 2.39. The lowest BCUT2D eigenvalue weighted by atomic mass is 10.5. The van der Waals surface area contributed by atoms with Gasteiger partial charge in [0.25, 0.3) is 0 Å². The number of hydrogen-bond acceptors (Lipinski definition) is 2. The average Bonchev–Trinajstić information content (AvgIpc) is 1.83. The molecule has 8 heavy (non-hydrogen) atoms. The highest BCUT2D eigenvalue weighted by Gasteiger charge is 1.78. The van der Waals surface area contributed by atoms with E-state index in [1.165, 1.54) is 0 Å². The smallest absolute Gasteiger partial charge is 0.229 e. The Labute approximate surface area is 48.3 Å². The molecule has 0 saturated carbocycles. The molecule has 0 atom stereocenters. The van der Waals surface area contributed by atoms with E-state index in [0.29, 0.717) is 0 Å². The highest BCUT2D eigenvalue weighted by Crippen LogP contribution is 1.68. The maximum absolute atomic E-state index is 6.81. The van der Waals surface area contributed by atoms with Gasteiger partial charge in [0.05, 0.1) is 0 Å². The molecule has 46 valence electrons. The lowest BCUT2D eigenvalue weighted by Crippen LogP contribution is -2.27. The molecule has 0 unspecified atom stereocenters. The molecule has 4 heteroatoms. The van der Waals surface area contributed by atoms with Gasteiger partial charge in [-0.3, -0.25) is 10.8 Å². The molecule has 0 heterocycles. The van der Waals surface area contributed by atoms with Gasteiger partial charge in [0, 0.05) is 6.21 Å².